The average Bonchev–Trinajstić information content (AvgIpc) is 2.14. The Morgan fingerprint density at radius 2 is 2.00 bits per heavy atom. The number of carbonyl (C=O) groups is 1. The van der Waals surface area contributed by atoms with Crippen molar-refractivity contribution in [3.63, 3.8) is 0 Å². The molecule has 3 N–H and O–H groups in total. The van der Waals surface area contributed by atoms with Gasteiger partial charge in [0, 0.05) is 25.0 Å². The van der Waals surface area contributed by atoms with Crippen molar-refractivity contribution in [2.24, 2.45) is 11.7 Å². The van der Waals surface area contributed by atoms with E-state index in [-0.39, 0.29) is 17.9 Å². The van der Waals surface area contributed by atoms with Crippen LogP contribution in [0.2, 0.25) is 0 Å². The minimum Gasteiger partial charge on any atom is -0.379 e. The maximum Gasteiger partial charge on any atom is 0.237 e. The van der Waals surface area contributed by atoms with Crippen molar-refractivity contribution < 1.29 is 9.53 Å². The van der Waals surface area contributed by atoms with Gasteiger partial charge in [0.1, 0.15) is 0 Å². The van der Waals surface area contributed by atoms with Crippen LogP contribution in [0.1, 0.15) is 12.8 Å². The van der Waals surface area contributed by atoms with Crippen LogP contribution in [0.3, 0.4) is 0 Å². The molecule has 0 spiro atoms. The summed E-state index contributed by atoms with van der Waals surface area (Å²) in [6.07, 6.45) is 1.66. The third-order valence-corrected chi connectivity index (χ3v) is 2.82. The molecule has 1 aliphatic heterocycles. The van der Waals surface area contributed by atoms with Gasteiger partial charge in [-0.2, -0.15) is 0 Å². The summed E-state index contributed by atoms with van der Waals surface area (Å²) >= 11 is 0. The molecule has 0 atom stereocenters. The minimum atomic E-state index is 0.119. The molecule has 0 bridgehead atoms. The van der Waals surface area contributed by atoms with Crippen LogP contribution < -0.4 is 11.2 Å². The molecule has 1 aliphatic carbocycles. The second kappa shape index (κ2) is 4.25. The summed E-state index contributed by atoms with van der Waals surface area (Å²) in [5.74, 6) is 0.251. The first-order chi connectivity index (χ1) is 6.75. The van der Waals surface area contributed by atoms with Gasteiger partial charge in [0.25, 0.3) is 0 Å². The maximum absolute atomic E-state index is 11.6. The Morgan fingerprint density at radius 3 is 2.57 bits per heavy atom. The van der Waals surface area contributed by atoms with Crippen molar-refractivity contribution in [2.45, 2.75) is 18.9 Å². The zero-order valence-corrected chi connectivity index (χ0v) is 8.24. The molecule has 1 heterocycles. The summed E-state index contributed by atoms with van der Waals surface area (Å²) in [4.78, 5) is 11.6. The first-order valence-electron chi connectivity index (χ1n) is 5.14. The highest BCUT2D eigenvalue weighted by Gasteiger charge is 2.32. The van der Waals surface area contributed by atoms with E-state index in [1.165, 1.54) is 0 Å². The lowest BCUT2D eigenvalue weighted by atomic mass is 9.80. The lowest BCUT2D eigenvalue weighted by Gasteiger charge is -2.34. The fourth-order valence-electron chi connectivity index (χ4n) is 1.80. The predicted octanol–water partition coefficient (Wildman–Crippen LogP) is -0.913. The molecule has 2 rings (SSSR count). The standard InChI is InChI=1S/C9H17N3O2/c10-8-5-7(6-8)9(13)11-12-1-3-14-4-2-12/h7-8H,1-6,10H2,(H,11,13). The van der Waals surface area contributed by atoms with E-state index in [1.807, 2.05) is 5.01 Å². The highest BCUT2D eigenvalue weighted by atomic mass is 16.5. The van der Waals surface area contributed by atoms with Crippen molar-refractivity contribution >= 4 is 5.91 Å². The smallest absolute Gasteiger partial charge is 0.237 e. The Hall–Kier alpha value is -0.650. The van der Waals surface area contributed by atoms with E-state index in [0.29, 0.717) is 13.2 Å². The number of morpholine rings is 1. The van der Waals surface area contributed by atoms with E-state index >= 15 is 0 Å². The van der Waals surface area contributed by atoms with Gasteiger partial charge in [-0.3, -0.25) is 10.2 Å². The zero-order chi connectivity index (χ0) is 9.97. The fourth-order valence-corrected chi connectivity index (χ4v) is 1.80. The number of nitrogens with two attached hydrogens (primary N) is 1. The van der Waals surface area contributed by atoms with Crippen molar-refractivity contribution in [3.8, 4) is 0 Å². The van der Waals surface area contributed by atoms with Gasteiger partial charge in [-0.15, -0.1) is 0 Å². The van der Waals surface area contributed by atoms with Crippen molar-refractivity contribution in [3.05, 3.63) is 0 Å². The van der Waals surface area contributed by atoms with E-state index in [1.54, 1.807) is 0 Å². The summed E-state index contributed by atoms with van der Waals surface area (Å²) in [5.41, 5.74) is 8.53. The summed E-state index contributed by atoms with van der Waals surface area (Å²) in [5, 5.41) is 1.93. The van der Waals surface area contributed by atoms with E-state index in [2.05, 4.69) is 5.43 Å². The van der Waals surface area contributed by atoms with E-state index < -0.39 is 0 Å². The number of nitrogens with zero attached hydrogens (tertiary/aromatic N) is 1. The van der Waals surface area contributed by atoms with Gasteiger partial charge in [-0.1, -0.05) is 0 Å². The molecule has 5 nitrogen and oxygen atoms in total. The van der Waals surface area contributed by atoms with Crippen LogP contribution >= 0.6 is 0 Å². The van der Waals surface area contributed by atoms with Gasteiger partial charge in [-0.05, 0) is 12.8 Å². The topological polar surface area (TPSA) is 67.6 Å². The Morgan fingerprint density at radius 1 is 1.36 bits per heavy atom. The van der Waals surface area contributed by atoms with Gasteiger partial charge in [0.2, 0.25) is 5.91 Å². The molecule has 0 aromatic carbocycles. The zero-order valence-electron chi connectivity index (χ0n) is 8.24. The van der Waals surface area contributed by atoms with Gasteiger partial charge < -0.3 is 10.5 Å². The Labute approximate surface area is 83.5 Å². The number of nitrogens with one attached hydrogen (secondary N) is 1. The molecule has 1 amide bonds. The Kier molecular flexibility index (Phi) is 3.00. The first kappa shape index (κ1) is 9.89. The molecule has 0 radical (unpaired) electrons. The third kappa shape index (κ3) is 2.23. The highest BCUT2D eigenvalue weighted by Crippen LogP contribution is 2.25. The third-order valence-electron chi connectivity index (χ3n) is 2.82. The number of rotatable bonds is 2. The van der Waals surface area contributed by atoms with Crippen LogP contribution in [0, 0.1) is 5.92 Å². The van der Waals surface area contributed by atoms with Crippen molar-refractivity contribution in [1.82, 2.24) is 10.4 Å². The summed E-state index contributed by atoms with van der Waals surface area (Å²) in [6.45, 7) is 2.96. The lowest BCUT2D eigenvalue weighted by Crippen LogP contribution is -2.53. The van der Waals surface area contributed by atoms with Crippen LogP contribution in [-0.2, 0) is 9.53 Å². The normalized spacial score (nSPS) is 33.5. The summed E-state index contributed by atoms with van der Waals surface area (Å²) in [6, 6.07) is 0.232. The fraction of sp³-hybridized carbons (Fsp3) is 0.889. The molecule has 0 aromatic rings. The largest absolute Gasteiger partial charge is 0.379 e. The van der Waals surface area contributed by atoms with Crippen LogP contribution in [0.25, 0.3) is 0 Å². The van der Waals surface area contributed by atoms with E-state index in [9.17, 15) is 4.79 Å². The molecule has 1 saturated carbocycles. The van der Waals surface area contributed by atoms with Crippen molar-refractivity contribution in [2.75, 3.05) is 26.3 Å². The monoisotopic (exact) mass is 199 g/mol. The lowest BCUT2D eigenvalue weighted by molar-refractivity contribution is -0.135. The molecule has 80 valence electrons. The van der Waals surface area contributed by atoms with Gasteiger partial charge in [0.05, 0.1) is 13.2 Å². The second-order valence-electron chi connectivity index (χ2n) is 4.00. The maximum atomic E-state index is 11.6. The molecular weight excluding hydrogens is 182 g/mol. The molecule has 2 aliphatic rings. The molecular formula is C9H17N3O2. The Bertz CT molecular complexity index is 210. The SMILES string of the molecule is NC1CC(C(=O)NN2CCOCC2)C1. The molecule has 14 heavy (non-hydrogen) atoms. The van der Waals surface area contributed by atoms with Gasteiger partial charge in [0.15, 0.2) is 0 Å². The number of hydrogen-bond donors (Lipinski definition) is 2. The first-order valence-corrected chi connectivity index (χ1v) is 5.14. The van der Waals surface area contributed by atoms with Gasteiger partial charge >= 0.3 is 0 Å². The van der Waals surface area contributed by atoms with Crippen molar-refractivity contribution in [1.29, 1.82) is 0 Å². The van der Waals surface area contributed by atoms with Crippen LogP contribution in [0.5, 0.6) is 0 Å². The summed E-state index contributed by atoms with van der Waals surface area (Å²) in [7, 11) is 0. The van der Waals surface area contributed by atoms with Crippen LogP contribution in [0.15, 0.2) is 0 Å². The van der Waals surface area contributed by atoms with E-state index in [4.69, 9.17) is 10.5 Å². The summed E-state index contributed by atoms with van der Waals surface area (Å²) < 4.78 is 5.19. The van der Waals surface area contributed by atoms with Crippen LogP contribution in [-0.4, -0.2) is 43.3 Å². The number of carbonyl (C=O) groups excluding carboxylic acids is 1. The molecule has 1 saturated heterocycles. The Balaban J connectivity index is 1.71. The number of hydrogen-bond acceptors (Lipinski definition) is 4. The number of ether oxygens (including phenoxy) is 1. The number of amides is 1. The molecule has 5 heteroatoms. The predicted molar refractivity (Wildman–Crippen MR) is 51.2 cm³/mol. The minimum absolute atomic E-state index is 0.119. The molecule has 0 unspecified atom stereocenters. The highest BCUT2D eigenvalue weighted by molar-refractivity contribution is 5.79. The average molecular weight is 199 g/mol. The second-order valence-corrected chi connectivity index (χ2v) is 4.00. The van der Waals surface area contributed by atoms with Crippen LogP contribution in [0.4, 0.5) is 0 Å². The van der Waals surface area contributed by atoms with Gasteiger partial charge in [-0.25, -0.2) is 5.01 Å². The number of hydrazine groups is 1. The quantitative estimate of drug-likeness (QED) is 0.604. The molecule has 0 aromatic heterocycles. The molecule has 2 fully saturated rings. The van der Waals surface area contributed by atoms with E-state index in [0.717, 1.165) is 25.9 Å².